The molecule has 4 nitrogen and oxygen atoms in total. The van der Waals surface area contributed by atoms with Gasteiger partial charge in [0.25, 0.3) is 0 Å². The molecule has 2 N–H and O–H groups in total. The molecule has 110 valence electrons. The molecule has 1 unspecified atom stereocenters. The number of nitrogens with zero attached hydrogens (tertiary/aromatic N) is 1. The smallest absolute Gasteiger partial charge is 0.324 e. The molecule has 0 aliphatic carbocycles. The third-order valence-electron chi connectivity index (χ3n) is 3.52. The molecule has 1 heterocycles. The number of hydrogen-bond donors (Lipinski definition) is 2. The maximum absolute atomic E-state index is 11.9. The molecule has 6 heteroatoms. The van der Waals surface area contributed by atoms with E-state index < -0.39 is 13.4 Å². The van der Waals surface area contributed by atoms with Crippen LogP contribution in [0.25, 0.3) is 0 Å². The lowest BCUT2D eigenvalue weighted by Crippen LogP contribution is -2.32. The number of para-hydroxylation sites is 2. The summed E-state index contributed by atoms with van der Waals surface area (Å²) in [4.78, 5) is 23.3. The van der Waals surface area contributed by atoms with Gasteiger partial charge in [-0.25, -0.2) is 0 Å². The third kappa shape index (κ3) is 2.62. The van der Waals surface area contributed by atoms with Gasteiger partial charge in [0.05, 0.1) is 11.4 Å². The number of fused-ring (bicyclic) bond motifs is 2. The first-order chi connectivity index (χ1) is 10.0. The molecular weight excluding hydrogens is 305 g/mol. The first-order valence-electron chi connectivity index (χ1n) is 6.72. The molecule has 0 spiro atoms. The summed E-state index contributed by atoms with van der Waals surface area (Å²) in [5, 5.41) is 0. The van der Waals surface area contributed by atoms with Crippen molar-refractivity contribution in [2.75, 3.05) is 4.90 Å². The highest BCUT2D eigenvalue weighted by atomic mass is 32.2. The van der Waals surface area contributed by atoms with Gasteiger partial charge in [-0.2, -0.15) is 0 Å². The SMILES string of the molecule is CCC(N1c2ccccc2Sc2ccccc21)P(=O)(O)O. The van der Waals surface area contributed by atoms with E-state index >= 15 is 0 Å². The second-order valence-electron chi connectivity index (χ2n) is 4.89. The fourth-order valence-corrected chi connectivity index (χ4v) is 4.72. The van der Waals surface area contributed by atoms with E-state index in [4.69, 9.17) is 0 Å². The van der Waals surface area contributed by atoms with Crippen LogP contribution in [0.4, 0.5) is 11.4 Å². The molecule has 0 saturated heterocycles. The Hall–Kier alpha value is -1.26. The first-order valence-corrected chi connectivity index (χ1v) is 9.22. The molecule has 0 fully saturated rings. The van der Waals surface area contributed by atoms with Gasteiger partial charge in [0, 0.05) is 9.79 Å². The molecule has 2 aromatic rings. The van der Waals surface area contributed by atoms with Crippen LogP contribution in [-0.2, 0) is 4.57 Å². The Kier molecular flexibility index (Phi) is 3.84. The van der Waals surface area contributed by atoms with Crippen LogP contribution in [0.15, 0.2) is 58.3 Å². The van der Waals surface area contributed by atoms with Crippen LogP contribution in [0.1, 0.15) is 13.3 Å². The summed E-state index contributed by atoms with van der Waals surface area (Å²) in [5.41, 5.74) is 1.72. The lowest BCUT2D eigenvalue weighted by molar-refractivity contribution is 0.356. The number of hydrogen-bond acceptors (Lipinski definition) is 3. The average molecular weight is 321 g/mol. The van der Waals surface area contributed by atoms with Crippen molar-refractivity contribution in [3.63, 3.8) is 0 Å². The van der Waals surface area contributed by atoms with E-state index in [0.29, 0.717) is 6.42 Å². The Labute approximate surface area is 128 Å². The van der Waals surface area contributed by atoms with Gasteiger partial charge in [-0.1, -0.05) is 43.0 Å². The second-order valence-corrected chi connectivity index (χ2v) is 7.74. The van der Waals surface area contributed by atoms with Crippen LogP contribution < -0.4 is 4.90 Å². The fraction of sp³-hybridized carbons (Fsp3) is 0.200. The molecule has 2 aromatic carbocycles. The summed E-state index contributed by atoms with van der Waals surface area (Å²) in [6.45, 7) is 1.80. The van der Waals surface area contributed by atoms with Gasteiger partial charge in [0.15, 0.2) is 0 Å². The van der Waals surface area contributed by atoms with Crippen molar-refractivity contribution in [1.29, 1.82) is 0 Å². The highest BCUT2D eigenvalue weighted by Crippen LogP contribution is 2.55. The summed E-state index contributed by atoms with van der Waals surface area (Å²) < 4.78 is 11.9. The predicted octanol–water partition coefficient (Wildman–Crippen LogP) is 4.20. The minimum absolute atomic E-state index is 0.373. The lowest BCUT2D eigenvalue weighted by Gasteiger charge is -2.38. The van der Waals surface area contributed by atoms with Crippen molar-refractivity contribution in [2.24, 2.45) is 0 Å². The largest absolute Gasteiger partial charge is 0.348 e. The minimum atomic E-state index is -4.24. The molecule has 0 amide bonds. The number of anilines is 2. The quantitative estimate of drug-likeness (QED) is 0.830. The third-order valence-corrected chi connectivity index (χ3v) is 6.02. The Morgan fingerprint density at radius 1 is 1.05 bits per heavy atom. The second kappa shape index (κ2) is 5.50. The van der Waals surface area contributed by atoms with Crippen molar-refractivity contribution in [3.05, 3.63) is 48.5 Å². The summed E-state index contributed by atoms with van der Waals surface area (Å²) in [5.74, 6) is -0.847. The molecule has 21 heavy (non-hydrogen) atoms. The maximum atomic E-state index is 11.9. The Morgan fingerprint density at radius 3 is 1.95 bits per heavy atom. The molecule has 1 atom stereocenters. The zero-order valence-electron chi connectivity index (χ0n) is 11.5. The highest BCUT2D eigenvalue weighted by Gasteiger charge is 2.37. The van der Waals surface area contributed by atoms with Crippen LogP contribution >= 0.6 is 19.4 Å². The Bertz CT molecular complexity index is 670. The number of benzene rings is 2. The van der Waals surface area contributed by atoms with E-state index in [2.05, 4.69) is 0 Å². The van der Waals surface area contributed by atoms with Crippen molar-refractivity contribution >= 4 is 30.7 Å². The summed E-state index contributed by atoms with van der Waals surface area (Å²) in [6.07, 6.45) is 0.373. The molecule has 0 saturated carbocycles. The van der Waals surface area contributed by atoms with Gasteiger partial charge >= 0.3 is 7.60 Å². The van der Waals surface area contributed by atoms with Gasteiger partial charge in [-0.05, 0) is 30.7 Å². The number of rotatable bonds is 3. The zero-order chi connectivity index (χ0) is 15.0. The minimum Gasteiger partial charge on any atom is -0.324 e. The van der Waals surface area contributed by atoms with E-state index in [9.17, 15) is 14.4 Å². The first kappa shape index (κ1) is 14.7. The molecule has 1 aliphatic rings. The molecule has 0 bridgehead atoms. The van der Waals surface area contributed by atoms with Crippen LogP contribution in [0.5, 0.6) is 0 Å². The zero-order valence-corrected chi connectivity index (χ0v) is 13.2. The van der Waals surface area contributed by atoms with Crippen LogP contribution in [0.3, 0.4) is 0 Å². The molecule has 0 radical (unpaired) electrons. The standard InChI is InChI=1S/C15H16NO3PS/c1-2-15(20(17,18)19)16-11-7-3-5-9-13(11)21-14-10-6-4-8-12(14)16/h3-10,15H,2H2,1H3,(H2,17,18,19). The topological polar surface area (TPSA) is 60.8 Å². The predicted molar refractivity (Wildman–Crippen MR) is 85.3 cm³/mol. The van der Waals surface area contributed by atoms with Gasteiger partial charge in [0.1, 0.15) is 5.78 Å². The van der Waals surface area contributed by atoms with Crippen molar-refractivity contribution in [3.8, 4) is 0 Å². The van der Waals surface area contributed by atoms with Crippen molar-refractivity contribution < 1.29 is 14.4 Å². The van der Waals surface area contributed by atoms with Gasteiger partial charge in [-0.15, -0.1) is 0 Å². The van der Waals surface area contributed by atoms with Crippen LogP contribution in [0, 0.1) is 0 Å². The Balaban J connectivity index is 2.21. The molecular formula is C15H16NO3PS. The van der Waals surface area contributed by atoms with Crippen LogP contribution in [0.2, 0.25) is 0 Å². The summed E-state index contributed by atoms with van der Waals surface area (Å²) >= 11 is 1.63. The lowest BCUT2D eigenvalue weighted by atomic mass is 10.2. The van der Waals surface area contributed by atoms with E-state index in [-0.39, 0.29) is 0 Å². The van der Waals surface area contributed by atoms with E-state index in [1.165, 1.54) is 0 Å². The van der Waals surface area contributed by atoms with Crippen molar-refractivity contribution in [2.45, 2.75) is 28.9 Å². The average Bonchev–Trinajstić information content (AvgIpc) is 2.46. The molecule has 3 rings (SSSR count). The van der Waals surface area contributed by atoms with Gasteiger partial charge in [-0.3, -0.25) is 4.57 Å². The van der Waals surface area contributed by atoms with Gasteiger partial charge in [0.2, 0.25) is 0 Å². The molecule has 0 aromatic heterocycles. The monoisotopic (exact) mass is 321 g/mol. The van der Waals surface area contributed by atoms with E-state index in [1.54, 1.807) is 23.6 Å². The van der Waals surface area contributed by atoms with Crippen LogP contribution in [-0.4, -0.2) is 15.6 Å². The van der Waals surface area contributed by atoms with Crippen molar-refractivity contribution in [1.82, 2.24) is 0 Å². The highest BCUT2D eigenvalue weighted by molar-refractivity contribution is 7.99. The Morgan fingerprint density at radius 2 is 1.52 bits per heavy atom. The summed E-state index contributed by atoms with van der Waals surface area (Å²) in [6, 6.07) is 15.5. The van der Waals surface area contributed by atoms with E-state index in [0.717, 1.165) is 21.2 Å². The van der Waals surface area contributed by atoms with Gasteiger partial charge < -0.3 is 14.7 Å². The molecule has 1 aliphatic heterocycles. The van der Waals surface area contributed by atoms with E-state index in [1.807, 2.05) is 48.5 Å². The summed E-state index contributed by atoms with van der Waals surface area (Å²) in [7, 11) is -4.24. The fourth-order valence-electron chi connectivity index (χ4n) is 2.63. The maximum Gasteiger partial charge on any atom is 0.348 e. The normalized spacial score (nSPS) is 15.3.